The molecule has 1 saturated heterocycles. The number of aryl methyl sites for hydroxylation is 1. The SMILES string of the molecule is C=C(Nc1cc2cc(-c3cnn(C)c3)ccc2c(N)n1)c1ccnc(N2CCN(C)CC2)c1. The van der Waals surface area contributed by atoms with Crippen molar-refractivity contribution in [3.8, 4) is 11.1 Å². The van der Waals surface area contributed by atoms with Crippen molar-refractivity contribution < 1.29 is 0 Å². The Labute approximate surface area is 193 Å². The van der Waals surface area contributed by atoms with E-state index in [0.29, 0.717) is 11.6 Å². The van der Waals surface area contributed by atoms with Crippen molar-refractivity contribution in [3.05, 3.63) is 67.1 Å². The monoisotopic (exact) mass is 440 g/mol. The van der Waals surface area contributed by atoms with E-state index in [0.717, 1.165) is 65.2 Å². The van der Waals surface area contributed by atoms with Crippen molar-refractivity contribution in [1.29, 1.82) is 0 Å². The van der Waals surface area contributed by atoms with E-state index in [1.807, 2.05) is 49.9 Å². The van der Waals surface area contributed by atoms with Gasteiger partial charge in [0.25, 0.3) is 0 Å². The second kappa shape index (κ2) is 8.55. The quantitative estimate of drug-likeness (QED) is 0.491. The van der Waals surface area contributed by atoms with E-state index in [4.69, 9.17) is 5.73 Å². The maximum atomic E-state index is 6.28. The van der Waals surface area contributed by atoms with Gasteiger partial charge in [-0.3, -0.25) is 4.68 Å². The number of fused-ring (bicyclic) bond motifs is 1. The van der Waals surface area contributed by atoms with Crippen molar-refractivity contribution in [2.24, 2.45) is 7.05 Å². The van der Waals surface area contributed by atoms with Crippen LogP contribution in [-0.4, -0.2) is 57.9 Å². The summed E-state index contributed by atoms with van der Waals surface area (Å²) in [6, 6.07) is 12.2. The highest BCUT2D eigenvalue weighted by molar-refractivity contribution is 5.96. The average molecular weight is 441 g/mol. The van der Waals surface area contributed by atoms with Crippen LogP contribution in [0.5, 0.6) is 0 Å². The second-order valence-electron chi connectivity index (χ2n) is 8.53. The molecule has 8 nitrogen and oxygen atoms in total. The van der Waals surface area contributed by atoms with Gasteiger partial charge in [0.15, 0.2) is 0 Å². The number of nitrogens with two attached hydrogens (primary N) is 1. The van der Waals surface area contributed by atoms with Gasteiger partial charge in [0.1, 0.15) is 17.5 Å². The second-order valence-corrected chi connectivity index (χ2v) is 8.53. The Kier molecular flexibility index (Phi) is 5.43. The molecule has 0 unspecified atom stereocenters. The van der Waals surface area contributed by atoms with Crippen LogP contribution in [0.3, 0.4) is 0 Å². The van der Waals surface area contributed by atoms with E-state index in [9.17, 15) is 0 Å². The van der Waals surface area contributed by atoms with Gasteiger partial charge in [0.05, 0.1) is 6.20 Å². The smallest absolute Gasteiger partial charge is 0.133 e. The van der Waals surface area contributed by atoms with Gasteiger partial charge in [-0.1, -0.05) is 18.7 Å². The molecule has 0 aliphatic carbocycles. The zero-order chi connectivity index (χ0) is 22.9. The molecule has 0 bridgehead atoms. The Morgan fingerprint density at radius 2 is 1.85 bits per heavy atom. The summed E-state index contributed by atoms with van der Waals surface area (Å²) in [4.78, 5) is 13.8. The normalized spacial score (nSPS) is 14.5. The standard InChI is InChI=1S/C25H28N8/c1-17(18-6-7-27-24(14-18)33-10-8-31(2)9-11-33)29-23-13-20-12-19(21-15-28-32(3)16-21)4-5-22(20)25(26)30-23/h4-7,12-16H,1,8-11H2,2-3H3,(H3,26,29,30). The van der Waals surface area contributed by atoms with Crippen LogP contribution in [0, 0.1) is 0 Å². The highest BCUT2D eigenvalue weighted by Gasteiger charge is 2.16. The van der Waals surface area contributed by atoms with Crippen molar-refractivity contribution in [1.82, 2.24) is 24.6 Å². The highest BCUT2D eigenvalue weighted by Crippen LogP contribution is 2.29. The van der Waals surface area contributed by atoms with E-state index in [2.05, 4.69) is 55.9 Å². The number of nitrogens with one attached hydrogen (secondary N) is 1. The molecule has 5 rings (SSSR count). The molecule has 1 aliphatic heterocycles. The summed E-state index contributed by atoms with van der Waals surface area (Å²) in [5.41, 5.74) is 10.1. The largest absolute Gasteiger partial charge is 0.383 e. The lowest BCUT2D eigenvalue weighted by Gasteiger charge is -2.33. The van der Waals surface area contributed by atoms with Gasteiger partial charge in [0.2, 0.25) is 0 Å². The Hall–Kier alpha value is -3.91. The van der Waals surface area contributed by atoms with Crippen LogP contribution < -0.4 is 16.0 Å². The Morgan fingerprint density at radius 3 is 2.61 bits per heavy atom. The number of nitrogens with zero attached hydrogens (tertiary/aromatic N) is 6. The van der Waals surface area contributed by atoms with Gasteiger partial charge >= 0.3 is 0 Å². The van der Waals surface area contributed by atoms with E-state index in [1.165, 1.54) is 0 Å². The third kappa shape index (κ3) is 4.38. The van der Waals surface area contributed by atoms with Crippen LogP contribution in [0.25, 0.3) is 27.6 Å². The molecule has 4 aromatic rings. The first kappa shape index (κ1) is 21.0. The number of hydrogen-bond acceptors (Lipinski definition) is 7. The summed E-state index contributed by atoms with van der Waals surface area (Å²) >= 11 is 0. The topological polar surface area (TPSA) is 88.1 Å². The molecule has 168 valence electrons. The summed E-state index contributed by atoms with van der Waals surface area (Å²) in [7, 11) is 4.06. The number of aromatic nitrogens is 4. The van der Waals surface area contributed by atoms with Crippen molar-refractivity contribution >= 4 is 33.9 Å². The maximum Gasteiger partial charge on any atom is 0.133 e. The molecule has 1 aliphatic rings. The molecule has 0 saturated carbocycles. The fraction of sp³-hybridized carbons (Fsp3) is 0.240. The Morgan fingerprint density at radius 1 is 1.03 bits per heavy atom. The molecular formula is C25H28N8. The zero-order valence-electron chi connectivity index (χ0n) is 19.0. The molecule has 0 spiro atoms. The Balaban J connectivity index is 1.39. The summed E-state index contributed by atoms with van der Waals surface area (Å²) < 4.78 is 1.79. The van der Waals surface area contributed by atoms with Crippen LogP contribution in [0.15, 0.2) is 61.6 Å². The number of anilines is 3. The molecule has 33 heavy (non-hydrogen) atoms. The molecule has 4 heterocycles. The minimum Gasteiger partial charge on any atom is -0.383 e. The lowest BCUT2D eigenvalue weighted by Crippen LogP contribution is -2.44. The molecular weight excluding hydrogens is 412 g/mol. The predicted octanol–water partition coefficient (Wildman–Crippen LogP) is 3.45. The summed E-state index contributed by atoms with van der Waals surface area (Å²) in [5, 5.41) is 9.53. The third-order valence-electron chi connectivity index (χ3n) is 6.10. The van der Waals surface area contributed by atoms with Crippen LogP contribution in [0.1, 0.15) is 5.56 Å². The number of nitrogen functional groups attached to an aromatic ring is 1. The van der Waals surface area contributed by atoms with Crippen LogP contribution >= 0.6 is 0 Å². The fourth-order valence-corrected chi connectivity index (χ4v) is 4.14. The van der Waals surface area contributed by atoms with Gasteiger partial charge in [0, 0.05) is 67.8 Å². The number of likely N-dealkylation sites (N-methyl/N-ethyl adjacent to an activating group) is 1. The molecule has 1 aromatic carbocycles. The molecule has 0 radical (unpaired) electrons. The molecule has 3 aromatic heterocycles. The van der Waals surface area contributed by atoms with Crippen LogP contribution in [0.4, 0.5) is 17.5 Å². The minimum atomic E-state index is 0.480. The van der Waals surface area contributed by atoms with Gasteiger partial charge in [-0.15, -0.1) is 0 Å². The molecule has 0 atom stereocenters. The number of rotatable bonds is 5. The summed E-state index contributed by atoms with van der Waals surface area (Å²) in [6.07, 6.45) is 5.68. The first-order valence-electron chi connectivity index (χ1n) is 11.0. The minimum absolute atomic E-state index is 0.480. The molecule has 3 N–H and O–H groups in total. The number of pyridine rings is 2. The van der Waals surface area contributed by atoms with Gasteiger partial charge in [-0.25, -0.2) is 9.97 Å². The number of hydrogen-bond donors (Lipinski definition) is 2. The number of piperazine rings is 1. The van der Waals surface area contributed by atoms with Crippen LogP contribution in [0.2, 0.25) is 0 Å². The lowest BCUT2D eigenvalue weighted by atomic mass is 10.0. The highest BCUT2D eigenvalue weighted by atomic mass is 15.3. The zero-order valence-corrected chi connectivity index (χ0v) is 19.0. The van der Waals surface area contributed by atoms with E-state index >= 15 is 0 Å². The first-order chi connectivity index (χ1) is 16.0. The van der Waals surface area contributed by atoms with Gasteiger partial charge in [-0.2, -0.15) is 5.10 Å². The summed E-state index contributed by atoms with van der Waals surface area (Å²) in [6.45, 7) is 8.24. The van der Waals surface area contributed by atoms with Crippen molar-refractivity contribution in [2.45, 2.75) is 0 Å². The maximum absolute atomic E-state index is 6.28. The van der Waals surface area contributed by atoms with E-state index in [1.54, 1.807) is 4.68 Å². The van der Waals surface area contributed by atoms with Gasteiger partial charge < -0.3 is 20.9 Å². The molecule has 8 heteroatoms. The Bertz CT molecular complexity index is 1320. The van der Waals surface area contributed by atoms with Crippen molar-refractivity contribution in [2.75, 3.05) is 49.2 Å². The van der Waals surface area contributed by atoms with Crippen molar-refractivity contribution in [3.63, 3.8) is 0 Å². The number of benzene rings is 1. The van der Waals surface area contributed by atoms with Crippen LogP contribution in [-0.2, 0) is 7.05 Å². The van der Waals surface area contributed by atoms with Gasteiger partial charge in [-0.05, 0) is 42.3 Å². The third-order valence-corrected chi connectivity index (χ3v) is 6.10. The summed E-state index contributed by atoms with van der Waals surface area (Å²) in [5.74, 6) is 2.11. The predicted molar refractivity (Wildman–Crippen MR) is 135 cm³/mol. The van der Waals surface area contributed by atoms with E-state index in [-0.39, 0.29) is 0 Å². The molecule has 0 amide bonds. The average Bonchev–Trinajstić information content (AvgIpc) is 3.25. The van der Waals surface area contributed by atoms with E-state index < -0.39 is 0 Å². The first-order valence-corrected chi connectivity index (χ1v) is 11.0. The fourth-order valence-electron chi connectivity index (χ4n) is 4.14. The molecule has 1 fully saturated rings. The lowest BCUT2D eigenvalue weighted by molar-refractivity contribution is 0.312.